The fourth-order valence-corrected chi connectivity index (χ4v) is 4.66. The molecule has 0 radical (unpaired) electrons. The molecule has 0 aliphatic carbocycles. The summed E-state index contributed by atoms with van der Waals surface area (Å²) < 4.78 is 0. The van der Waals surface area contributed by atoms with E-state index in [1.807, 2.05) is 0 Å². The van der Waals surface area contributed by atoms with Crippen molar-refractivity contribution in [2.75, 3.05) is 0 Å². The van der Waals surface area contributed by atoms with E-state index in [2.05, 4.69) is 20.8 Å². The molecule has 0 aliphatic rings. The highest BCUT2D eigenvalue weighted by atomic mass is 32.1. The van der Waals surface area contributed by atoms with Gasteiger partial charge >= 0.3 is 0 Å². The van der Waals surface area contributed by atoms with E-state index < -0.39 is 0 Å². The van der Waals surface area contributed by atoms with Gasteiger partial charge in [-0.15, -0.1) is 0 Å². The van der Waals surface area contributed by atoms with Crippen molar-refractivity contribution in [1.82, 2.24) is 0 Å². The summed E-state index contributed by atoms with van der Waals surface area (Å²) in [5.41, 5.74) is 0. The lowest BCUT2D eigenvalue weighted by molar-refractivity contribution is 0.786. The quantitative estimate of drug-likeness (QED) is 0.404. The fraction of sp³-hybridized carbons (Fsp3) is 1.00. The van der Waals surface area contributed by atoms with Gasteiger partial charge in [0.2, 0.25) is 0 Å². The standard InChI is InChI=1S/C12H27BS3/c1-4-7-10(14)13(11(15)8-5-2)12(16)9-6-3/h10-12,14-16H,4-9H2,1-3H3. The van der Waals surface area contributed by atoms with Crippen molar-refractivity contribution in [2.45, 2.75) is 74.7 Å². The third-order valence-corrected chi connectivity index (χ3v) is 4.89. The molecular weight excluding hydrogens is 251 g/mol. The summed E-state index contributed by atoms with van der Waals surface area (Å²) in [6, 6.07) is 0. The van der Waals surface area contributed by atoms with Gasteiger partial charge in [-0.1, -0.05) is 40.0 Å². The molecule has 0 aliphatic heterocycles. The van der Waals surface area contributed by atoms with Gasteiger partial charge < -0.3 is 0 Å². The van der Waals surface area contributed by atoms with E-state index in [0.717, 1.165) is 0 Å². The zero-order chi connectivity index (χ0) is 12.6. The first-order chi connectivity index (χ1) is 7.58. The Bertz CT molecular complexity index is 138. The van der Waals surface area contributed by atoms with Crippen LogP contribution in [0.1, 0.15) is 59.3 Å². The van der Waals surface area contributed by atoms with Crippen LogP contribution < -0.4 is 0 Å². The van der Waals surface area contributed by atoms with Crippen LogP contribution in [0, 0.1) is 0 Å². The Morgan fingerprint density at radius 2 is 0.938 bits per heavy atom. The van der Waals surface area contributed by atoms with E-state index >= 15 is 0 Å². The number of rotatable bonds is 9. The van der Waals surface area contributed by atoms with Crippen molar-refractivity contribution in [1.29, 1.82) is 0 Å². The summed E-state index contributed by atoms with van der Waals surface area (Å²) in [4.78, 5) is 0. The summed E-state index contributed by atoms with van der Waals surface area (Å²) in [6.07, 6.45) is 7.12. The molecule has 0 saturated heterocycles. The smallest absolute Gasteiger partial charge is 0.183 e. The van der Waals surface area contributed by atoms with E-state index in [9.17, 15) is 0 Å². The predicted octanol–water partition coefficient (Wildman–Crippen LogP) is 4.39. The molecular formula is C12H27BS3. The van der Waals surface area contributed by atoms with Crippen LogP contribution in [0.3, 0.4) is 0 Å². The Hall–Kier alpha value is 1.11. The first-order valence-corrected chi connectivity index (χ1v) is 8.17. The Labute approximate surface area is 119 Å². The third kappa shape index (κ3) is 6.16. The molecule has 3 unspecified atom stereocenters. The van der Waals surface area contributed by atoms with Gasteiger partial charge in [0.25, 0.3) is 0 Å². The maximum atomic E-state index is 4.77. The minimum absolute atomic E-state index is 0.452. The van der Waals surface area contributed by atoms with Crippen molar-refractivity contribution in [3.8, 4) is 0 Å². The van der Waals surface area contributed by atoms with Crippen LogP contribution in [0.4, 0.5) is 0 Å². The molecule has 0 aromatic carbocycles. The van der Waals surface area contributed by atoms with Gasteiger partial charge in [0.15, 0.2) is 6.71 Å². The Kier molecular flexibility index (Phi) is 10.8. The lowest BCUT2D eigenvalue weighted by Gasteiger charge is -2.29. The molecule has 16 heavy (non-hydrogen) atoms. The molecule has 0 nitrogen and oxygen atoms in total. The third-order valence-electron chi connectivity index (χ3n) is 3.09. The summed E-state index contributed by atoms with van der Waals surface area (Å²) in [5.74, 6) is 0. The van der Waals surface area contributed by atoms with Crippen LogP contribution in [0.15, 0.2) is 0 Å². The summed E-state index contributed by atoms with van der Waals surface area (Å²) in [6.45, 7) is 7.21. The van der Waals surface area contributed by atoms with Crippen LogP contribution >= 0.6 is 37.9 Å². The zero-order valence-corrected chi connectivity index (χ0v) is 13.6. The van der Waals surface area contributed by atoms with E-state index in [4.69, 9.17) is 37.9 Å². The van der Waals surface area contributed by atoms with Gasteiger partial charge in [-0.3, -0.25) is 0 Å². The summed E-state index contributed by atoms with van der Waals surface area (Å²) in [5, 5.41) is 1.36. The van der Waals surface area contributed by atoms with Crippen LogP contribution in [-0.2, 0) is 0 Å². The molecule has 0 amide bonds. The van der Waals surface area contributed by atoms with Gasteiger partial charge in [-0.2, -0.15) is 37.9 Å². The van der Waals surface area contributed by atoms with Crippen LogP contribution in [0.25, 0.3) is 0 Å². The van der Waals surface area contributed by atoms with Gasteiger partial charge in [0.05, 0.1) is 0 Å². The van der Waals surface area contributed by atoms with E-state index in [-0.39, 0.29) is 0 Å². The average Bonchev–Trinajstić information content (AvgIpc) is 2.19. The van der Waals surface area contributed by atoms with Crippen molar-refractivity contribution < 1.29 is 0 Å². The van der Waals surface area contributed by atoms with Crippen molar-refractivity contribution >= 4 is 44.6 Å². The molecule has 0 spiro atoms. The molecule has 0 fully saturated rings. The monoisotopic (exact) mass is 278 g/mol. The molecule has 0 bridgehead atoms. The molecule has 0 aromatic rings. The lowest BCUT2D eigenvalue weighted by Crippen LogP contribution is -2.45. The topological polar surface area (TPSA) is 0 Å². The fourth-order valence-electron chi connectivity index (χ4n) is 2.23. The normalized spacial score (nSPS) is 16.9. The number of hydrogen-bond acceptors (Lipinski definition) is 3. The Morgan fingerprint density at radius 3 is 1.12 bits per heavy atom. The van der Waals surface area contributed by atoms with E-state index in [1.54, 1.807) is 0 Å². The van der Waals surface area contributed by atoms with E-state index in [1.165, 1.54) is 38.5 Å². The first kappa shape index (κ1) is 17.1. The highest BCUT2D eigenvalue weighted by Gasteiger charge is 2.33. The van der Waals surface area contributed by atoms with Crippen LogP contribution in [0.2, 0.25) is 0 Å². The average molecular weight is 278 g/mol. The molecule has 0 N–H and O–H groups in total. The zero-order valence-electron chi connectivity index (χ0n) is 10.9. The largest absolute Gasteiger partial charge is 0.184 e. The van der Waals surface area contributed by atoms with Gasteiger partial charge in [0.1, 0.15) is 0 Å². The minimum Gasteiger partial charge on any atom is -0.184 e. The van der Waals surface area contributed by atoms with Crippen LogP contribution in [-0.4, -0.2) is 22.2 Å². The van der Waals surface area contributed by atoms with Gasteiger partial charge in [-0.25, -0.2) is 0 Å². The van der Waals surface area contributed by atoms with Gasteiger partial charge in [-0.05, 0) is 34.7 Å². The number of thiol groups is 3. The van der Waals surface area contributed by atoms with Crippen molar-refractivity contribution in [3.05, 3.63) is 0 Å². The van der Waals surface area contributed by atoms with Crippen LogP contribution in [0.5, 0.6) is 0 Å². The Morgan fingerprint density at radius 1 is 0.688 bits per heavy atom. The molecule has 0 aromatic heterocycles. The maximum absolute atomic E-state index is 4.77. The molecule has 0 rings (SSSR count). The second kappa shape index (κ2) is 10.1. The molecule has 4 heteroatoms. The predicted molar refractivity (Wildman–Crippen MR) is 88.8 cm³/mol. The minimum atomic E-state index is 0.452. The molecule has 96 valence electrons. The highest BCUT2D eigenvalue weighted by molar-refractivity contribution is 7.88. The lowest BCUT2D eigenvalue weighted by atomic mass is 9.39. The SMILES string of the molecule is CCCC(S)B(C(S)CCC)C(S)CCC. The molecule has 3 atom stereocenters. The molecule has 0 heterocycles. The Balaban J connectivity index is 4.47. The summed E-state index contributed by atoms with van der Waals surface area (Å²) in [7, 11) is 0. The van der Waals surface area contributed by atoms with Crippen molar-refractivity contribution in [3.63, 3.8) is 0 Å². The molecule has 0 saturated carbocycles. The highest BCUT2D eigenvalue weighted by Crippen LogP contribution is 2.25. The maximum Gasteiger partial charge on any atom is 0.183 e. The van der Waals surface area contributed by atoms with Crippen molar-refractivity contribution in [2.24, 2.45) is 0 Å². The second-order valence-corrected chi connectivity index (χ2v) is 6.64. The first-order valence-electron chi connectivity index (χ1n) is 6.62. The van der Waals surface area contributed by atoms with Gasteiger partial charge in [0, 0.05) is 0 Å². The second-order valence-electron chi connectivity index (χ2n) is 4.65. The summed E-state index contributed by atoms with van der Waals surface area (Å²) >= 11 is 14.3. The number of hydrogen-bond donors (Lipinski definition) is 3. The van der Waals surface area contributed by atoms with E-state index in [0.29, 0.717) is 22.2 Å².